The number of nitrogens with one attached hydrogen (secondary N) is 3. The van der Waals surface area contributed by atoms with Gasteiger partial charge in [0.1, 0.15) is 6.04 Å². The van der Waals surface area contributed by atoms with Crippen LogP contribution in [0, 0.1) is 5.92 Å². The molecule has 4 rings (SSSR count). The molecule has 5 N–H and O–H groups in total. The summed E-state index contributed by atoms with van der Waals surface area (Å²) in [6, 6.07) is 6.05. The summed E-state index contributed by atoms with van der Waals surface area (Å²) in [4.78, 5) is 70.6. The van der Waals surface area contributed by atoms with Gasteiger partial charge >= 0.3 is 5.69 Å². The lowest BCUT2D eigenvalue weighted by Gasteiger charge is -2.30. The fraction of sp³-hybridized carbons (Fsp3) is 0.235. The number of hydroxylamine groups is 2. The average molecular weight is 385 g/mol. The predicted molar refractivity (Wildman–Crippen MR) is 92.2 cm³/mol. The summed E-state index contributed by atoms with van der Waals surface area (Å²) in [5, 5.41) is 3.24. The lowest BCUT2D eigenvalue weighted by atomic mass is 9.91. The Morgan fingerprint density at radius 2 is 1.82 bits per heavy atom. The zero-order valence-corrected chi connectivity index (χ0v) is 14.2. The summed E-state index contributed by atoms with van der Waals surface area (Å²) in [7, 11) is 0. The number of aromatic nitrogens is 2. The minimum absolute atomic E-state index is 0.0425. The van der Waals surface area contributed by atoms with E-state index in [4.69, 9.17) is 10.6 Å². The van der Waals surface area contributed by atoms with E-state index >= 15 is 0 Å². The number of nitrogens with two attached hydrogens (primary N) is 1. The Bertz CT molecular complexity index is 1080. The van der Waals surface area contributed by atoms with Crippen molar-refractivity contribution < 1.29 is 19.2 Å². The first-order valence-electron chi connectivity index (χ1n) is 8.34. The average Bonchev–Trinajstić information content (AvgIpc) is 3.14. The Balaban J connectivity index is 1.88. The number of rotatable bonds is 4. The van der Waals surface area contributed by atoms with E-state index in [0.717, 1.165) is 11.3 Å². The molecular weight excluding hydrogens is 370 g/mol. The number of H-pyrrole nitrogens is 2. The first kappa shape index (κ1) is 17.8. The summed E-state index contributed by atoms with van der Waals surface area (Å²) < 4.78 is 0. The van der Waals surface area contributed by atoms with E-state index in [2.05, 4.69) is 15.3 Å². The van der Waals surface area contributed by atoms with Crippen molar-refractivity contribution in [2.24, 2.45) is 11.7 Å². The highest BCUT2D eigenvalue weighted by Gasteiger charge is 2.59. The molecule has 3 heterocycles. The first-order valence-corrected chi connectivity index (χ1v) is 8.34. The van der Waals surface area contributed by atoms with Crippen LogP contribution in [0.5, 0.6) is 0 Å². The van der Waals surface area contributed by atoms with E-state index in [9.17, 15) is 24.0 Å². The van der Waals surface area contributed by atoms with Crippen molar-refractivity contribution in [3.8, 4) is 0 Å². The maximum Gasteiger partial charge on any atom is 0.325 e. The zero-order valence-electron chi connectivity index (χ0n) is 14.2. The quantitative estimate of drug-likeness (QED) is 0.451. The van der Waals surface area contributed by atoms with Crippen LogP contribution in [0.3, 0.4) is 0 Å². The Kier molecular flexibility index (Phi) is 4.17. The second-order valence-electron chi connectivity index (χ2n) is 6.45. The lowest BCUT2D eigenvalue weighted by Crippen LogP contribution is -2.42. The molecule has 2 saturated heterocycles. The lowest BCUT2D eigenvalue weighted by molar-refractivity contribution is -0.197. The molecule has 4 atom stereocenters. The number of nitrogens with zero attached hydrogens (tertiary/aromatic N) is 1. The first-order chi connectivity index (χ1) is 13.4. The normalized spacial score (nSPS) is 25.4. The summed E-state index contributed by atoms with van der Waals surface area (Å²) in [5.74, 6) is -3.22. The number of fused-ring (bicyclic) bond motifs is 1. The van der Waals surface area contributed by atoms with Crippen molar-refractivity contribution in [3.63, 3.8) is 0 Å². The highest BCUT2D eigenvalue weighted by atomic mass is 16.7. The van der Waals surface area contributed by atoms with Gasteiger partial charge in [-0.1, -0.05) is 30.3 Å². The number of amides is 3. The monoisotopic (exact) mass is 385 g/mol. The van der Waals surface area contributed by atoms with Crippen molar-refractivity contribution in [1.29, 1.82) is 0 Å². The predicted octanol–water partition coefficient (Wildman–Crippen LogP) is -1.78. The molecule has 144 valence electrons. The highest BCUT2D eigenvalue weighted by Crippen LogP contribution is 2.45. The van der Waals surface area contributed by atoms with Crippen molar-refractivity contribution in [2.75, 3.05) is 0 Å². The number of carbonyl (C=O) groups is 3. The second kappa shape index (κ2) is 6.55. The van der Waals surface area contributed by atoms with E-state index in [1.165, 1.54) is 0 Å². The summed E-state index contributed by atoms with van der Waals surface area (Å²) >= 11 is 0. The topological polar surface area (TPSA) is 167 Å². The Morgan fingerprint density at radius 1 is 1.11 bits per heavy atom. The minimum atomic E-state index is -1.23. The van der Waals surface area contributed by atoms with Gasteiger partial charge in [0.15, 0.2) is 6.10 Å². The molecule has 0 aliphatic carbocycles. The molecule has 3 amide bonds. The van der Waals surface area contributed by atoms with Crippen molar-refractivity contribution in [3.05, 3.63) is 68.5 Å². The van der Waals surface area contributed by atoms with Crippen molar-refractivity contribution in [1.82, 2.24) is 20.3 Å². The van der Waals surface area contributed by atoms with E-state index < -0.39 is 53.1 Å². The van der Waals surface area contributed by atoms with Crippen LogP contribution in [0.1, 0.15) is 23.2 Å². The van der Waals surface area contributed by atoms with Crippen molar-refractivity contribution >= 4 is 17.7 Å². The van der Waals surface area contributed by atoms with Crippen LogP contribution in [0.4, 0.5) is 0 Å². The summed E-state index contributed by atoms with van der Waals surface area (Å²) in [6.07, 6.45) is -0.0987. The molecule has 1 aromatic heterocycles. The number of benzene rings is 1. The smallest absolute Gasteiger partial charge is 0.325 e. The van der Waals surface area contributed by atoms with Gasteiger partial charge in [-0.15, -0.1) is 0 Å². The molecule has 0 saturated carbocycles. The molecular formula is C17H15N5O6. The van der Waals surface area contributed by atoms with Gasteiger partial charge in [0.05, 0.1) is 17.5 Å². The maximum atomic E-state index is 12.4. The van der Waals surface area contributed by atoms with Gasteiger partial charge in [-0.3, -0.25) is 34.3 Å². The number of hydrogen-bond acceptors (Lipinski definition) is 7. The van der Waals surface area contributed by atoms with Crippen molar-refractivity contribution in [2.45, 2.75) is 18.2 Å². The van der Waals surface area contributed by atoms with Gasteiger partial charge in [-0.05, 0) is 5.56 Å². The van der Waals surface area contributed by atoms with E-state index in [0.29, 0.717) is 5.56 Å². The van der Waals surface area contributed by atoms with Crippen LogP contribution in [0.25, 0.3) is 0 Å². The van der Waals surface area contributed by atoms with Gasteiger partial charge < -0.3 is 10.7 Å². The Morgan fingerprint density at radius 3 is 2.46 bits per heavy atom. The molecule has 11 heteroatoms. The highest BCUT2D eigenvalue weighted by molar-refractivity contribution is 6.07. The van der Waals surface area contributed by atoms with Crippen LogP contribution < -0.4 is 22.3 Å². The third-order valence-electron chi connectivity index (χ3n) is 4.79. The molecule has 1 aromatic carbocycles. The standard InChI is InChI=1S/C17H15N5O6/c18-13(23)10(7-4-2-1-3-5-7)22-11(8-6-19-17(27)21-14(8)24)9-12(28-22)16(26)20-15(9)25/h1-6,9-12H,(H2,18,23)(H,20,25,26)(H2,19,21,24,27). The van der Waals surface area contributed by atoms with Gasteiger partial charge in [-0.25, -0.2) is 4.79 Å². The fourth-order valence-electron chi connectivity index (χ4n) is 3.62. The number of hydrogen-bond donors (Lipinski definition) is 4. The summed E-state index contributed by atoms with van der Waals surface area (Å²) in [6.45, 7) is 0. The number of carbonyl (C=O) groups excluding carboxylic acids is 3. The SMILES string of the molecule is NC(=O)C(c1ccccc1)N1OC2C(=O)NC(=O)C2C1c1c[nH]c(=O)[nH]c1=O. The molecule has 0 bridgehead atoms. The number of primary amides is 1. The summed E-state index contributed by atoms with van der Waals surface area (Å²) in [5.41, 5.74) is 4.48. The maximum absolute atomic E-state index is 12.4. The molecule has 2 aromatic rings. The van der Waals surface area contributed by atoms with Gasteiger partial charge in [0.25, 0.3) is 11.5 Å². The fourth-order valence-corrected chi connectivity index (χ4v) is 3.62. The largest absolute Gasteiger partial charge is 0.368 e. The molecule has 28 heavy (non-hydrogen) atoms. The van der Waals surface area contributed by atoms with Gasteiger partial charge in [0, 0.05) is 6.20 Å². The van der Waals surface area contributed by atoms with Crippen LogP contribution >= 0.6 is 0 Å². The molecule has 2 fully saturated rings. The zero-order chi connectivity index (χ0) is 20.0. The molecule has 2 aliphatic rings. The van der Waals surface area contributed by atoms with E-state index in [1.807, 2.05) is 0 Å². The molecule has 0 radical (unpaired) electrons. The van der Waals surface area contributed by atoms with Crippen LogP contribution in [0.2, 0.25) is 0 Å². The third kappa shape index (κ3) is 2.73. The van der Waals surface area contributed by atoms with Crippen LogP contribution in [0.15, 0.2) is 46.1 Å². The van der Waals surface area contributed by atoms with E-state index in [-0.39, 0.29) is 5.56 Å². The van der Waals surface area contributed by atoms with Gasteiger partial charge in [0.2, 0.25) is 11.8 Å². The van der Waals surface area contributed by atoms with Crippen LogP contribution in [-0.4, -0.2) is 38.9 Å². The van der Waals surface area contributed by atoms with Crippen LogP contribution in [-0.2, 0) is 19.2 Å². The van der Waals surface area contributed by atoms with Gasteiger partial charge in [-0.2, -0.15) is 5.06 Å². The molecule has 11 nitrogen and oxygen atoms in total. The van der Waals surface area contributed by atoms with E-state index in [1.54, 1.807) is 30.3 Å². The minimum Gasteiger partial charge on any atom is -0.368 e. The Labute approximate surface area is 156 Å². The molecule has 2 aliphatic heterocycles. The Hall–Kier alpha value is -3.57. The third-order valence-corrected chi connectivity index (χ3v) is 4.79. The molecule has 4 unspecified atom stereocenters. The molecule has 0 spiro atoms. The number of aromatic amines is 2. The number of imide groups is 1. The second-order valence-corrected chi connectivity index (χ2v) is 6.45.